The Morgan fingerprint density at radius 2 is 1.34 bits per heavy atom. The monoisotopic (exact) mass is 507 g/mol. The highest BCUT2D eigenvalue weighted by Crippen LogP contribution is 2.37. The van der Waals surface area contributed by atoms with Gasteiger partial charge in [-0.25, -0.2) is 0 Å². The quantitative estimate of drug-likeness (QED) is 0.424. The zero-order chi connectivity index (χ0) is 27.4. The van der Waals surface area contributed by atoms with Crippen molar-refractivity contribution < 1.29 is 35.9 Å². The maximum atomic E-state index is 12.5. The van der Waals surface area contributed by atoms with Crippen molar-refractivity contribution in [1.29, 1.82) is 0 Å². The summed E-state index contributed by atoms with van der Waals surface area (Å²) in [4.78, 5) is 11.2. The van der Waals surface area contributed by atoms with Crippen LogP contribution in [0.5, 0.6) is 0 Å². The SMILES string of the molecule is CC.CC.CO[C@H](C)c1cc(C(F)(F)F)cc(C(F)(F)F)c1.C[C@H]1C[C@@H](c2ccccc2)NC1=O. The second-order valence-electron chi connectivity index (χ2n) is 7.33. The van der Waals surface area contributed by atoms with E-state index in [2.05, 4.69) is 17.4 Å². The Bertz CT molecular complexity index is 849. The predicted octanol–water partition coefficient (Wildman–Crippen LogP) is 8.37. The van der Waals surface area contributed by atoms with Crippen LogP contribution >= 0.6 is 0 Å². The number of hydrogen-bond acceptors (Lipinski definition) is 2. The topological polar surface area (TPSA) is 38.3 Å². The molecule has 2 aromatic rings. The fraction of sp³-hybridized carbons (Fsp3) is 0.500. The molecule has 0 spiro atoms. The summed E-state index contributed by atoms with van der Waals surface area (Å²) >= 11 is 0. The smallest absolute Gasteiger partial charge is 0.377 e. The Morgan fingerprint density at radius 1 is 0.886 bits per heavy atom. The fourth-order valence-corrected chi connectivity index (χ4v) is 3.09. The van der Waals surface area contributed by atoms with Crippen LogP contribution in [0.2, 0.25) is 0 Å². The number of hydrogen-bond donors (Lipinski definition) is 1. The summed E-state index contributed by atoms with van der Waals surface area (Å²) in [5, 5.41) is 2.98. The minimum atomic E-state index is -4.83. The molecule has 2 aromatic carbocycles. The van der Waals surface area contributed by atoms with E-state index in [-0.39, 0.29) is 29.5 Å². The summed E-state index contributed by atoms with van der Waals surface area (Å²) in [6, 6.07) is 11.7. The number of amides is 1. The van der Waals surface area contributed by atoms with Gasteiger partial charge < -0.3 is 10.1 Å². The molecular weight excluding hydrogens is 472 g/mol. The van der Waals surface area contributed by atoms with Crippen LogP contribution in [0.4, 0.5) is 26.3 Å². The molecule has 0 aliphatic carbocycles. The molecule has 0 saturated carbocycles. The molecule has 0 bridgehead atoms. The highest BCUT2D eigenvalue weighted by atomic mass is 19.4. The number of halogens is 6. The number of methoxy groups -OCH3 is 1. The molecule has 1 saturated heterocycles. The van der Waals surface area contributed by atoms with Crippen molar-refractivity contribution in [3.8, 4) is 0 Å². The maximum absolute atomic E-state index is 12.5. The van der Waals surface area contributed by atoms with E-state index in [1.54, 1.807) is 0 Å². The summed E-state index contributed by atoms with van der Waals surface area (Å²) in [6.45, 7) is 11.3. The van der Waals surface area contributed by atoms with Gasteiger partial charge in [0.25, 0.3) is 0 Å². The van der Waals surface area contributed by atoms with Crippen LogP contribution in [0.1, 0.15) is 82.4 Å². The maximum Gasteiger partial charge on any atom is 0.416 e. The van der Waals surface area contributed by atoms with E-state index in [1.807, 2.05) is 52.8 Å². The van der Waals surface area contributed by atoms with Gasteiger partial charge in [-0.05, 0) is 42.7 Å². The minimum Gasteiger partial charge on any atom is -0.377 e. The van der Waals surface area contributed by atoms with Crippen molar-refractivity contribution in [3.05, 3.63) is 70.8 Å². The number of nitrogens with one attached hydrogen (secondary N) is 1. The number of rotatable bonds is 3. The molecule has 3 atom stereocenters. The van der Waals surface area contributed by atoms with Gasteiger partial charge >= 0.3 is 12.4 Å². The Balaban J connectivity index is 0.000000597. The molecule has 0 radical (unpaired) electrons. The molecule has 1 N–H and O–H groups in total. The number of benzene rings is 2. The Hall–Kier alpha value is -2.55. The second kappa shape index (κ2) is 14.8. The van der Waals surface area contributed by atoms with Gasteiger partial charge in [-0.15, -0.1) is 0 Å². The number of ether oxygens (including phenoxy) is 1. The van der Waals surface area contributed by atoms with E-state index < -0.39 is 29.6 Å². The summed E-state index contributed by atoms with van der Waals surface area (Å²) in [7, 11) is 1.21. The van der Waals surface area contributed by atoms with Crippen LogP contribution in [0, 0.1) is 5.92 Å². The molecule has 0 unspecified atom stereocenters. The number of alkyl halides is 6. The van der Waals surface area contributed by atoms with E-state index >= 15 is 0 Å². The van der Waals surface area contributed by atoms with Crippen molar-refractivity contribution in [2.75, 3.05) is 7.11 Å². The van der Waals surface area contributed by atoms with E-state index in [0.29, 0.717) is 12.1 Å². The van der Waals surface area contributed by atoms with Crippen LogP contribution in [0.25, 0.3) is 0 Å². The molecule has 1 fully saturated rings. The van der Waals surface area contributed by atoms with Crippen molar-refractivity contribution in [1.82, 2.24) is 5.32 Å². The fourth-order valence-electron chi connectivity index (χ4n) is 3.09. The highest BCUT2D eigenvalue weighted by molar-refractivity contribution is 5.81. The summed E-state index contributed by atoms with van der Waals surface area (Å²) in [6.07, 6.45) is -9.59. The first-order valence-corrected chi connectivity index (χ1v) is 11.5. The van der Waals surface area contributed by atoms with E-state index in [4.69, 9.17) is 4.74 Å². The van der Waals surface area contributed by atoms with Gasteiger partial charge in [0, 0.05) is 13.0 Å². The average Bonchev–Trinajstić information content (AvgIpc) is 3.19. The van der Waals surface area contributed by atoms with Gasteiger partial charge in [0.2, 0.25) is 5.91 Å². The first-order chi connectivity index (χ1) is 16.3. The van der Waals surface area contributed by atoms with Crippen LogP contribution in [-0.2, 0) is 21.9 Å². The van der Waals surface area contributed by atoms with E-state index in [9.17, 15) is 31.1 Å². The Kier molecular flexibility index (Phi) is 13.7. The number of carbonyl (C=O) groups is 1. The van der Waals surface area contributed by atoms with Gasteiger partial charge in [-0.3, -0.25) is 4.79 Å². The molecule has 35 heavy (non-hydrogen) atoms. The van der Waals surface area contributed by atoms with Crippen LogP contribution in [0.15, 0.2) is 48.5 Å². The lowest BCUT2D eigenvalue weighted by Crippen LogP contribution is -2.20. The van der Waals surface area contributed by atoms with Gasteiger partial charge in [-0.1, -0.05) is 65.0 Å². The molecule has 1 amide bonds. The van der Waals surface area contributed by atoms with Crippen molar-refractivity contribution in [2.24, 2.45) is 5.92 Å². The van der Waals surface area contributed by atoms with Crippen LogP contribution < -0.4 is 5.32 Å². The highest BCUT2D eigenvalue weighted by Gasteiger charge is 2.37. The summed E-state index contributed by atoms with van der Waals surface area (Å²) in [5.41, 5.74) is -1.63. The summed E-state index contributed by atoms with van der Waals surface area (Å²) in [5.74, 6) is 0.332. The molecular formula is C26H35F6NO2. The second-order valence-corrected chi connectivity index (χ2v) is 7.33. The first-order valence-electron chi connectivity index (χ1n) is 11.5. The van der Waals surface area contributed by atoms with Gasteiger partial charge in [0.05, 0.1) is 23.3 Å². The van der Waals surface area contributed by atoms with Gasteiger partial charge in [0.1, 0.15) is 0 Å². The zero-order valence-electron chi connectivity index (χ0n) is 21.1. The van der Waals surface area contributed by atoms with E-state index in [0.717, 1.165) is 6.42 Å². The molecule has 3 nitrogen and oxygen atoms in total. The standard InChI is InChI=1S/C11H10F6O.C11H13NO.2C2H6/c1-6(18-2)7-3-8(10(12,13)14)5-9(4-7)11(15,16)17;1-8-7-10(12-11(8)13)9-5-3-2-4-6-9;2*1-2/h3-6H,1-2H3;2-6,8,10H,7H2,1H3,(H,12,13);2*1-2H3/t6-;8-,10-;;/m10../s1. The van der Waals surface area contributed by atoms with Crippen molar-refractivity contribution >= 4 is 5.91 Å². The minimum absolute atomic E-state index is 0.0892. The Labute approximate surface area is 203 Å². The average molecular weight is 508 g/mol. The number of carbonyl (C=O) groups excluding carboxylic acids is 1. The normalized spacial score (nSPS) is 18.0. The molecule has 1 heterocycles. The predicted molar refractivity (Wildman–Crippen MR) is 126 cm³/mol. The third-order valence-electron chi connectivity index (χ3n) is 4.99. The summed E-state index contributed by atoms with van der Waals surface area (Å²) < 4.78 is 79.7. The van der Waals surface area contributed by atoms with Crippen molar-refractivity contribution in [2.45, 2.75) is 72.5 Å². The lowest BCUT2D eigenvalue weighted by Gasteiger charge is -2.17. The first kappa shape index (κ1) is 32.5. The molecule has 1 aliphatic heterocycles. The molecule has 0 aromatic heterocycles. The zero-order valence-corrected chi connectivity index (χ0v) is 21.1. The lowest BCUT2D eigenvalue weighted by molar-refractivity contribution is -0.143. The van der Waals surface area contributed by atoms with E-state index in [1.165, 1.54) is 19.6 Å². The van der Waals surface area contributed by atoms with Gasteiger partial charge in [0.15, 0.2) is 0 Å². The lowest BCUT2D eigenvalue weighted by atomic mass is 10.0. The third-order valence-corrected chi connectivity index (χ3v) is 4.99. The molecule has 3 rings (SSSR count). The Morgan fingerprint density at radius 3 is 1.69 bits per heavy atom. The van der Waals surface area contributed by atoms with Crippen LogP contribution in [-0.4, -0.2) is 13.0 Å². The third kappa shape index (κ3) is 10.3. The molecule has 1 aliphatic rings. The largest absolute Gasteiger partial charge is 0.416 e. The van der Waals surface area contributed by atoms with Gasteiger partial charge in [-0.2, -0.15) is 26.3 Å². The van der Waals surface area contributed by atoms with Crippen molar-refractivity contribution in [3.63, 3.8) is 0 Å². The molecule has 9 heteroatoms. The van der Waals surface area contributed by atoms with Crippen LogP contribution in [0.3, 0.4) is 0 Å². The molecule has 198 valence electrons.